The number of hydrogen-bond acceptors (Lipinski definition) is 2. The van der Waals surface area contributed by atoms with Gasteiger partial charge in [0.2, 0.25) is 0 Å². The summed E-state index contributed by atoms with van der Waals surface area (Å²) in [6, 6.07) is 5.32. The predicted octanol–water partition coefficient (Wildman–Crippen LogP) is 3.11. The van der Waals surface area contributed by atoms with Crippen LogP contribution in [0.3, 0.4) is 0 Å². The minimum atomic E-state index is -4.18. The first-order valence-corrected chi connectivity index (χ1v) is 5.97. The zero-order valence-corrected chi connectivity index (χ0v) is 10.9. The van der Waals surface area contributed by atoms with Gasteiger partial charge in [-0.1, -0.05) is 11.6 Å². The lowest BCUT2D eigenvalue weighted by Crippen LogP contribution is -2.26. The van der Waals surface area contributed by atoms with E-state index >= 15 is 0 Å². The SMILES string of the molecule is CNc1ccc(C)cc1C(=O)NCCCC(F)(F)F. The topological polar surface area (TPSA) is 41.1 Å². The van der Waals surface area contributed by atoms with Crippen LogP contribution in [0.2, 0.25) is 0 Å². The molecule has 0 atom stereocenters. The Morgan fingerprint density at radius 2 is 2.00 bits per heavy atom. The highest BCUT2D eigenvalue weighted by molar-refractivity contribution is 5.99. The van der Waals surface area contributed by atoms with Crippen molar-refractivity contribution >= 4 is 11.6 Å². The molecule has 1 amide bonds. The third-order valence-electron chi connectivity index (χ3n) is 2.61. The van der Waals surface area contributed by atoms with Crippen LogP contribution in [0.25, 0.3) is 0 Å². The number of halogens is 3. The molecule has 6 heteroatoms. The fourth-order valence-electron chi connectivity index (χ4n) is 1.65. The number of rotatable bonds is 5. The van der Waals surface area contributed by atoms with E-state index in [4.69, 9.17) is 0 Å². The summed E-state index contributed by atoms with van der Waals surface area (Å²) in [6.07, 6.45) is -5.18. The van der Waals surface area contributed by atoms with Gasteiger partial charge in [-0.25, -0.2) is 0 Å². The van der Waals surface area contributed by atoms with E-state index in [2.05, 4.69) is 10.6 Å². The minimum Gasteiger partial charge on any atom is -0.387 e. The van der Waals surface area contributed by atoms with Crippen molar-refractivity contribution in [2.75, 3.05) is 18.9 Å². The van der Waals surface area contributed by atoms with Crippen LogP contribution in [0.5, 0.6) is 0 Å². The van der Waals surface area contributed by atoms with Crippen LogP contribution in [-0.4, -0.2) is 25.7 Å². The van der Waals surface area contributed by atoms with Gasteiger partial charge < -0.3 is 10.6 Å². The number of carbonyl (C=O) groups is 1. The van der Waals surface area contributed by atoms with E-state index in [-0.39, 0.29) is 18.9 Å². The Bertz CT molecular complexity index is 444. The molecule has 106 valence electrons. The summed E-state index contributed by atoms with van der Waals surface area (Å²) in [5.74, 6) is -0.366. The fourth-order valence-corrected chi connectivity index (χ4v) is 1.65. The van der Waals surface area contributed by atoms with Crippen molar-refractivity contribution in [2.45, 2.75) is 25.9 Å². The lowest BCUT2D eigenvalue weighted by atomic mass is 10.1. The quantitative estimate of drug-likeness (QED) is 0.810. The Balaban J connectivity index is 2.56. The molecule has 1 aromatic rings. The summed E-state index contributed by atoms with van der Waals surface area (Å²) in [4.78, 5) is 11.9. The maximum atomic E-state index is 12.0. The first-order valence-electron chi connectivity index (χ1n) is 5.97. The van der Waals surface area contributed by atoms with Crippen molar-refractivity contribution < 1.29 is 18.0 Å². The Kier molecular flexibility index (Phi) is 5.20. The summed E-state index contributed by atoms with van der Waals surface area (Å²) >= 11 is 0. The van der Waals surface area contributed by atoms with E-state index in [1.165, 1.54) is 0 Å². The molecule has 0 unspecified atom stereocenters. The number of alkyl halides is 3. The van der Waals surface area contributed by atoms with Gasteiger partial charge in [0.05, 0.1) is 5.56 Å². The summed E-state index contributed by atoms with van der Waals surface area (Å²) < 4.78 is 35.9. The Morgan fingerprint density at radius 3 is 2.58 bits per heavy atom. The molecule has 0 spiro atoms. The lowest BCUT2D eigenvalue weighted by molar-refractivity contribution is -0.135. The first-order chi connectivity index (χ1) is 8.83. The molecule has 0 aromatic heterocycles. The minimum absolute atomic E-state index is 0.00936. The van der Waals surface area contributed by atoms with Gasteiger partial charge in [0.25, 0.3) is 5.91 Å². The molecule has 0 radical (unpaired) electrons. The van der Waals surface area contributed by atoms with E-state index in [1.54, 1.807) is 19.2 Å². The van der Waals surface area contributed by atoms with Crippen molar-refractivity contribution in [3.05, 3.63) is 29.3 Å². The zero-order valence-electron chi connectivity index (χ0n) is 10.9. The highest BCUT2D eigenvalue weighted by atomic mass is 19.4. The van der Waals surface area contributed by atoms with Gasteiger partial charge in [-0.15, -0.1) is 0 Å². The molecule has 0 saturated heterocycles. The molecule has 0 fully saturated rings. The van der Waals surface area contributed by atoms with Gasteiger partial charge in [-0.3, -0.25) is 4.79 Å². The number of amides is 1. The Morgan fingerprint density at radius 1 is 1.32 bits per heavy atom. The van der Waals surface area contributed by atoms with Gasteiger partial charge >= 0.3 is 6.18 Å². The maximum Gasteiger partial charge on any atom is 0.389 e. The van der Waals surface area contributed by atoms with Crippen LogP contribution in [0.15, 0.2) is 18.2 Å². The average molecular weight is 274 g/mol. The van der Waals surface area contributed by atoms with Gasteiger partial charge in [0.15, 0.2) is 0 Å². The van der Waals surface area contributed by atoms with Gasteiger partial charge in [-0.2, -0.15) is 13.2 Å². The number of hydrogen-bond donors (Lipinski definition) is 2. The highest BCUT2D eigenvalue weighted by Gasteiger charge is 2.26. The molecule has 3 nitrogen and oxygen atoms in total. The van der Waals surface area contributed by atoms with Crippen molar-refractivity contribution in [1.29, 1.82) is 0 Å². The molecule has 0 saturated carbocycles. The number of benzene rings is 1. The second-order valence-electron chi connectivity index (χ2n) is 4.27. The predicted molar refractivity (Wildman–Crippen MR) is 68.3 cm³/mol. The van der Waals surface area contributed by atoms with E-state index in [1.807, 2.05) is 13.0 Å². The van der Waals surface area contributed by atoms with Crippen LogP contribution in [0.4, 0.5) is 18.9 Å². The molecular formula is C13H17F3N2O. The van der Waals surface area contributed by atoms with Crippen LogP contribution < -0.4 is 10.6 Å². The standard InChI is InChI=1S/C13H17F3N2O/c1-9-4-5-11(17-2)10(8-9)12(19)18-7-3-6-13(14,15)16/h4-5,8,17H,3,6-7H2,1-2H3,(H,18,19). The van der Waals surface area contributed by atoms with Crippen molar-refractivity contribution in [3.63, 3.8) is 0 Å². The molecule has 0 aliphatic rings. The Labute approximate surface area is 110 Å². The van der Waals surface area contributed by atoms with Crippen LogP contribution >= 0.6 is 0 Å². The van der Waals surface area contributed by atoms with Crippen molar-refractivity contribution in [2.24, 2.45) is 0 Å². The largest absolute Gasteiger partial charge is 0.389 e. The summed E-state index contributed by atoms with van der Waals surface area (Å²) in [5.41, 5.74) is 2.01. The molecule has 0 aliphatic carbocycles. The molecular weight excluding hydrogens is 257 g/mol. The normalized spacial score (nSPS) is 11.2. The molecule has 0 aliphatic heterocycles. The van der Waals surface area contributed by atoms with Crippen LogP contribution in [0, 0.1) is 6.92 Å². The molecule has 0 heterocycles. The molecule has 2 N–H and O–H groups in total. The fraction of sp³-hybridized carbons (Fsp3) is 0.462. The lowest BCUT2D eigenvalue weighted by Gasteiger charge is -2.11. The molecule has 1 aromatic carbocycles. The molecule has 0 bridgehead atoms. The average Bonchev–Trinajstić information content (AvgIpc) is 2.33. The number of carbonyl (C=O) groups excluding carboxylic acids is 1. The van der Waals surface area contributed by atoms with Crippen LogP contribution in [-0.2, 0) is 0 Å². The highest BCUT2D eigenvalue weighted by Crippen LogP contribution is 2.21. The molecule has 1 rings (SSSR count). The molecule has 19 heavy (non-hydrogen) atoms. The van der Waals surface area contributed by atoms with Gasteiger partial charge in [0, 0.05) is 25.7 Å². The van der Waals surface area contributed by atoms with Crippen molar-refractivity contribution in [1.82, 2.24) is 5.32 Å². The number of aryl methyl sites for hydroxylation is 1. The van der Waals surface area contributed by atoms with Gasteiger partial charge in [0.1, 0.15) is 0 Å². The van der Waals surface area contributed by atoms with E-state index in [0.717, 1.165) is 5.56 Å². The van der Waals surface area contributed by atoms with E-state index < -0.39 is 12.6 Å². The van der Waals surface area contributed by atoms with Gasteiger partial charge in [-0.05, 0) is 25.5 Å². The first kappa shape index (κ1) is 15.3. The van der Waals surface area contributed by atoms with E-state index in [0.29, 0.717) is 11.3 Å². The number of anilines is 1. The summed E-state index contributed by atoms with van der Waals surface area (Å²) in [7, 11) is 1.69. The van der Waals surface area contributed by atoms with E-state index in [9.17, 15) is 18.0 Å². The second-order valence-corrected chi connectivity index (χ2v) is 4.27. The smallest absolute Gasteiger partial charge is 0.387 e. The van der Waals surface area contributed by atoms with Crippen LogP contribution in [0.1, 0.15) is 28.8 Å². The Hall–Kier alpha value is -1.72. The third-order valence-corrected chi connectivity index (χ3v) is 2.61. The summed E-state index contributed by atoms with van der Waals surface area (Å²) in [5, 5.41) is 5.37. The maximum absolute atomic E-state index is 12.0. The monoisotopic (exact) mass is 274 g/mol. The van der Waals surface area contributed by atoms with Crippen molar-refractivity contribution in [3.8, 4) is 0 Å². The zero-order chi connectivity index (χ0) is 14.5. The number of nitrogens with one attached hydrogen (secondary N) is 2. The second kappa shape index (κ2) is 6.45. The third kappa shape index (κ3) is 5.19. The summed E-state index contributed by atoms with van der Waals surface area (Å²) in [6.45, 7) is 1.86.